The fraction of sp³-hybridized carbons (Fsp3) is 0.571. The van der Waals surface area contributed by atoms with Gasteiger partial charge in [-0.15, -0.1) is 0 Å². The van der Waals surface area contributed by atoms with Gasteiger partial charge in [-0.05, 0) is 32.0 Å². The van der Waals surface area contributed by atoms with E-state index >= 15 is 0 Å². The van der Waals surface area contributed by atoms with Crippen LogP contribution in [-0.4, -0.2) is 51.0 Å². The largest absolute Gasteiger partial charge is 0.329 e. The van der Waals surface area contributed by atoms with Gasteiger partial charge in [0.2, 0.25) is 0 Å². The Bertz CT molecular complexity index is 548. The van der Waals surface area contributed by atoms with Crippen molar-refractivity contribution < 1.29 is 12.8 Å². The number of rotatable bonds is 7. The van der Waals surface area contributed by atoms with Crippen LogP contribution in [0.25, 0.3) is 0 Å². The first-order valence-electron chi connectivity index (χ1n) is 6.50. The fourth-order valence-corrected chi connectivity index (χ4v) is 2.59. The van der Waals surface area contributed by atoms with Gasteiger partial charge in [-0.1, -0.05) is 18.2 Å². The number of hydrogen-bond donors (Lipinski definition) is 1. The molecular formula is C14H23FN2O2S. The van der Waals surface area contributed by atoms with Crippen LogP contribution in [0.4, 0.5) is 4.39 Å². The zero-order valence-electron chi connectivity index (χ0n) is 12.3. The lowest BCUT2D eigenvalue weighted by Crippen LogP contribution is -2.52. The van der Waals surface area contributed by atoms with Crippen LogP contribution in [0.3, 0.4) is 0 Å². The minimum absolute atomic E-state index is 0.0658. The van der Waals surface area contributed by atoms with Gasteiger partial charge in [0.05, 0.1) is 5.75 Å². The predicted molar refractivity (Wildman–Crippen MR) is 79.9 cm³/mol. The van der Waals surface area contributed by atoms with Gasteiger partial charge in [0.25, 0.3) is 0 Å². The Morgan fingerprint density at radius 2 is 1.95 bits per heavy atom. The second kappa shape index (κ2) is 6.65. The van der Waals surface area contributed by atoms with E-state index in [1.807, 2.05) is 18.9 Å². The number of halogens is 1. The van der Waals surface area contributed by atoms with Gasteiger partial charge in [-0.2, -0.15) is 0 Å². The van der Waals surface area contributed by atoms with Gasteiger partial charge < -0.3 is 5.73 Å². The van der Waals surface area contributed by atoms with Crippen LogP contribution in [0.2, 0.25) is 0 Å². The molecule has 0 aliphatic rings. The zero-order valence-corrected chi connectivity index (χ0v) is 13.1. The standard InChI is InChI=1S/C14H23FN2O2S/c1-14(11-16,17(2)8-9-20(3,18)19)10-12-6-4-5-7-13(12)15/h4-7H,8-11,16H2,1-3H3. The average Bonchev–Trinajstić information content (AvgIpc) is 2.37. The lowest BCUT2D eigenvalue weighted by molar-refractivity contribution is 0.152. The van der Waals surface area contributed by atoms with E-state index in [9.17, 15) is 12.8 Å². The fourth-order valence-electron chi connectivity index (χ4n) is 1.99. The van der Waals surface area contributed by atoms with Crippen LogP contribution in [-0.2, 0) is 16.3 Å². The summed E-state index contributed by atoms with van der Waals surface area (Å²) in [7, 11) is -1.21. The highest BCUT2D eigenvalue weighted by atomic mass is 32.2. The summed E-state index contributed by atoms with van der Waals surface area (Å²) in [5, 5.41) is 0. The van der Waals surface area contributed by atoms with Crippen LogP contribution >= 0.6 is 0 Å². The Morgan fingerprint density at radius 1 is 1.35 bits per heavy atom. The number of nitrogens with zero attached hydrogens (tertiary/aromatic N) is 1. The second-order valence-electron chi connectivity index (χ2n) is 5.52. The average molecular weight is 302 g/mol. The van der Waals surface area contributed by atoms with Gasteiger partial charge in [0.1, 0.15) is 15.7 Å². The van der Waals surface area contributed by atoms with E-state index in [1.54, 1.807) is 18.2 Å². The van der Waals surface area contributed by atoms with E-state index in [0.29, 0.717) is 25.1 Å². The SMILES string of the molecule is CN(CCS(C)(=O)=O)C(C)(CN)Cc1ccccc1F. The van der Waals surface area contributed by atoms with Crippen LogP contribution in [0, 0.1) is 5.82 Å². The molecule has 0 radical (unpaired) electrons. The molecule has 1 unspecified atom stereocenters. The van der Waals surface area contributed by atoms with Crippen molar-refractivity contribution >= 4 is 9.84 Å². The van der Waals surface area contributed by atoms with Crippen molar-refractivity contribution in [2.45, 2.75) is 18.9 Å². The maximum atomic E-state index is 13.7. The number of hydrogen-bond acceptors (Lipinski definition) is 4. The first-order valence-corrected chi connectivity index (χ1v) is 8.56. The van der Waals surface area contributed by atoms with Gasteiger partial charge in [-0.25, -0.2) is 12.8 Å². The minimum atomic E-state index is -3.03. The molecular weight excluding hydrogens is 279 g/mol. The number of benzene rings is 1. The van der Waals surface area contributed by atoms with Crippen molar-refractivity contribution in [3.63, 3.8) is 0 Å². The lowest BCUT2D eigenvalue weighted by Gasteiger charge is -2.38. The van der Waals surface area contributed by atoms with Crippen molar-refractivity contribution in [3.05, 3.63) is 35.6 Å². The smallest absolute Gasteiger partial charge is 0.148 e. The van der Waals surface area contributed by atoms with Crippen LogP contribution in [0.15, 0.2) is 24.3 Å². The highest BCUT2D eigenvalue weighted by molar-refractivity contribution is 7.90. The topological polar surface area (TPSA) is 63.4 Å². The predicted octanol–water partition coefficient (Wildman–Crippen LogP) is 1.06. The summed E-state index contributed by atoms with van der Waals surface area (Å²) in [6.07, 6.45) is 1.65. The molecule has 0 fully saturated rings. The molecule has 6 heteroatoms. The van der Waals surface area contributed by atoms with Gasteiger partial charge in [-0.3, -0.25) is 4.90 Å². The Balaban J connectivity index is 2.83. The molecule has 0 aliphatic heterocycles. The van der Waals surface area contributed by atoms with Crippen molar-refractivity contribution in [3.8, 4) is 0 Å². The highest BCUT2D eigenvalue weighted by Crippen LogP contribution is 2.20. The van der Waals surface area contributed by atoms with Crippen LogP contribution in [0.1, 0.15) is 12.5 Å². The molecule has 0 bridgehead atoms. The van der Waals surface area contributed by atoms with E-state index in [-0.39, 0.29) is 11.6 Å². The quantitative estimate of drug-likeness (QED) is 0.818. The molecule has 0 saturated carbocycles. The maximum absolute atomic E-state index is 13.7. The summed E-state index contributed by atoms with van der Waals surface area (Å²) in [6, 6.07) is 6.58. The first kappa shape index (κ1) is 17.1. The van der Waals surface area contributed by atoms with E-state index in [4.69, 9.17) is 5.73 Å². The van der Waals surface area contributed by atoms with Crippen molar-refractivity contribution in [1.82, 2.24) is 4.90 Å². The minimum Gasteiger partial charge on any atom is -0.329 e. The Kier molecular flexibility index (Phi) is 5.68. The third-order valence-electron chi connectivity index (χ3n) is 3.69. The molecule has 20 heavy (non-hydrogen) atoms. The summed E-state index contributed by atoms with van der Waals surface area (Å²) < 4.78 is 36.2. The van der Waals surface area contributed by atoms with Crippen LogP contribution in [0.5, 0.6) is 0 Å². The van der Waals surface area contributed by atoms with E-state index in [0.717, 1.165) is 0 Å². The third kappa shape index (κ3) is 4.85. The third-order valence-corrected chi connectivity index (χ3v) is 4.61. The summed E-state index contributed by atoms with van der Waals surface area (Å²) in [4.78, 5) is 1.89. The molecule has 0 spiro atoms. The van der Waals surface area contributed by atoms with Gasteiger partial charge >= 0.3 is 0 Å². The van der Waals surface area contributed by atoms with Crippen molar-refractivity contribution in [2.24, 2.45) is 5.73 Å². The monoisotopic (exact) mass is 302 g/mol. The van der Waals surface area contributed by atoms with Crippen LogP contribution < -0.4 is 5.73 Å². The second-order valence-corrected chi connectivity index (χ2v) is 7.78. The van der Waals surface area contributed by atoms with E-state index in [2.05, 4.69) is 0 Å². The molecule has 1 atom stereocenters. The number of sulfone groups is 1. The zero-order chi connectivity index (χ0) is 15.4. The van der Waals surface area contributed by atoms with Crippen molar-refractivity contribution in [1.29, 1.82) is 0 Å². The summed E-state index contributed by atoms with van der Waals surface area (Å²) in [5.41, 5.74) is 5.94. The summed E-state index contributed by atoms with van der Waals surface area (Å²) >= 11 is 0. The van der Waals surface area contributed by atoms with Crippen molar-refractivity contribution in [2.75, 3.05) is 32.1 Å². The molecule has 4 nitrogen and oxygen atoms in total. The molecule has 0 heterocycles. The molecule has 1 aromatic rings. The molecule has 114 valence electrons. The molecule has 0 aliphatic carbocycles. The van der Waals surface area contributed by atoms with Gasteiger partial charge in [0, 0.05) is 24.9 Å². The molecule has 0 amide bonds. The summed E-state index contributed by atoms with van der Waals surface area (Å²) in [5.74, 6) is -0.195. The highest BCUT2D eigenvalue weighted by Gasteiger charge is 2.29. The molecule has 0 saturated heterocycles. The Morgan fingerprint density at radius 3 is 2.45 bits per heavy atom. The Hall–Kier alpha value is -0.980. The number of likely N-dealkylation sites (N-methyl/N-ethyl adjacent to an activating group) is 1. The van der Waals surface area contributed by atoms with E-state index in [1.165, 1.54) is 12.3 Å². The normalized spacial score (nSPS) is 15.3. The molecule has 1 aromatic carbocycles. The first-order chi connectivity index (χ1) is 9.18. The van der Waals surface area contributed by atoms with E-state index < -0.39 is 15.4 Å². The molecule has 1 rings (SSSR count). The number of nitrogens with two attached hydrogens (primary N) is 1. The van der Waals surface area contributed by atoms with Gasteiger partial charge in [0.15, 0.2) is 0 Å². The summed E-state index contributed by atoms with van der Waals surface area (Å²) in [6.45, 7) is 2.62. The molecule has 2 N–H and O–H groups in total. The maximum Gasteiger partial charge on any atom is 0.148 e. The molecule has 0 aromatic heterocycles. The lowest BCUT2D eigenvalue weighted by atomic mass is 9.91. The Labute approximate surface area is 120 Å².